The van der Waals surface area contributed by atoms with Gasteiger partial charge in [0.15, 0.2) is 0 Å². The van der Waals surface area contributed by atoms with Gasteiger partial charge in [-0.15, -0.1) is 0 Å². The molecule has 0 unspecified atom stereocenters. The van der Waals surface area contributed by atoms with E-state index in [1.165, 1.54) is 7.11 Å². The third-order valence-electron chi connectivity index (χ3n) is 2.65. The van der Waals surface area contributed by atoms with Crippen LogP contribution in [0, 0.1) is 0 Å². The molecule has 0 saturated heterocycles. The Morgan fingerprint density at radius 1 is 1.14 bits per heavy atom. The molecule has 0 spiro atoms. The molecule has 0 aliphatic heterocycles. The summed E-state index contributed by atoms with van der Waals surface area (Å²) in [5.74, 6) is -0.941. The number of carbonyl (C=O) groups is 2. The monoisotopic (exact) mass is 290 g/mol. The number of carbonyl (C=O) groups excluding carboxylic acids is 2. The second-order valence-corrected chi connectivity index (χ2v) is 5.67. The lowest BCUT2D eigenvalue weighted by Crippen LogP contribution is -2.25. The molecule has 0 N–H and O–H groups in total. The van der Waals surface area contributed by atoms with Crippen LogP contribution in [-0.2, 0) is 25.5 Å². The van der Waals surface area contributed by atoms with Gasteiger partial charge in [0.05, 0.1) is 13.5 Å². The molecule has 4 nitrogen and oxygen atoms in total. The summed E-state index contributed by atoms with van der Waals surface area (Å²) in [6.45, 7) is 5.37. The van der Waals surface area contributed by atoms with Gasteiger partial charge in [-0.3, -0.25) is 4.79 Å². The first kappa shape index (κ1) is 17.0. The van der Waals surface area contributed by atoms with Crippen LogP contribution < -0.4 is 0 Å². The van der Waals surface area contributed by atoms with Crippen molar-refractivity contribution in [3.63, 3.8) is 0 Å². The Bertz CT molecular complexity index is 509. The molecule has 0 amide bonds. The van der Waals surface area contributed by atoms with Crippen LogP contribution in [0.15, 0.2) is 42.0 Å². The standard InChI is InChI=1S/C17H22O4/c1-17(2,3)21-16(19)14(12-15(18)20-4)11-10-13-8-6-5-7-9-13/h5-9,11H,10,12H2,1-4H3/b14-11+. The maximum Gasteiger partial charge on any atom is 0.334 e. The second kappa shape index (κ2) is 7.62. The first-order chi connectivity index (χ1) is 9.81. The minimum Gasteiger partial charge on any atom is -0.469 e. The molecule has 21 heavy (non-hydrogen) atoms. The SMILES string of the molecule is COC(=O)C/C(=C\Cc1ccccc1)C(=O)OC(C)(C)C. The summed E-state index contributed by atoms with van der Waals surface area (Å²) < 4.78 is 9.94. The number of esters is 2. The zero-order chi connectivity index (χ0) is 15.9. The van der Waals surface area contributed by atoms with Gasteiger partial charge in [-0.05, 0) is 32.8 Å². The van der Waals surface area contributed by atoms with Gasteiger partial charge in [-0.2, -0.15) is 0 Å². The molecular weight excluding hydrogens is 268 g/mol. The minimum atomic E-state index is -0.598. The van der Waals surface area contributed by atoms with E-state index >= 15 is 0 Å². The van der Waals surface area contributed by atoms with Gasteiger partial charge in [0.1, 0.15) is 5.60 Å². The van der Waals surface area contributed by atoms with Crippen molar-refractivity contribution in [3.05, 3.63) is 47.5 Å². The Kier molecular flexibility index (Phi) is 6.15. The molecule has 114 valence electrons. The van der Waals surface area contributed by atoms with Crippen LogP contribution in [-0.4, -0.2) is 24.6 Å². The second-order valence-electron chi connectivity index (χ2n) is 5.67. The largest absolute Gasteiger partial charge is 0.469 e. The van der Waals surface area contributed by atoms with Crippen molar-refractivity contribution in [2.24, 2.45) is 0 Å². The first-order valence-electron chi connectivity index (χ1n) is 6.85. The Balaban J connectivity index is 2.85. The molecule has 1 rings (SSSR count). The van der Waals surface area contributed by atoms with E-state index in [-0.39, 0.29) is 6.42 Å². The molecule has 0 aliphatic carbocycles. The van der Waals surface area contributed by atoms with Crippen molar-refractivity contribution >= 4 is 11.9 Å². The van der Waals surface area contributed by atoms with Gasteiger partial charge in [-0.1, -0.05) is 36.4 Å². The third-order valence-corrected chi connectivity index (χ3v) is 2.65. The van der Waals surface area contributed by atoms with E-state index in [4.69, 9.17) is 4.74 Å². The zero-order valence-electron chi connectivity index (χ0n) is 13.0. The Morgan fingerprint density at radius 3 is 2.29 bits per heavy atom. The highest BCUT2D eigenvalue weighted by Crippen LogP contribution is 2.15. The van der Waals surface area contributed by atoms with Crippen LogP contribution in [0.3, 0.4) is 0 Å². The van der Waals surface area contributed by atoms with Gasteiger partial charge in [0.2, 0.25) is 0 Å². The van der Waals surface area contributed by atoms with Crippen LogP contribution in [0.2, 0.25) is 0 Å². The predicted molar refractivity (Wildman–Crippen MR) is 80.7 cm³/mol. The van der Waals surface area contributed by atoms with Crippen LogP contribution in [0.25, 0.3) is 0 Å². The van der Waals surface area contributed by atoms with Crippen LogP contribution >= 0.6 is 0 Å². The molecule has 0 bridgehead atoms. The molecule has 4 heteroatoms. The lowest BCUT2D eigenvalue weighted by Gasteiger charge is -2.20. The van der Waals surface area contributed by atoms with Gasteiger partial charge >= 0.3 is 11.9 Å². The van der Waals surface area contributed by atoms with Gasteiger partial charge in [0.25, 0.3) is 0 Å². The summed E-state index contributed by atoms with van der Waals surface area (Å²) in [7, 11) is 1.30. The van der Waals surface area contributed by atoms with Crippen molar-refractivity contribution < 1.29 is 19.1 Å². The van der Waals surface area contributed by atoms with E-state index in [2.05, 4.69) is 4.74 Å². The molecule has 0 atom stereocenters. The normalized spacial score (nSPS) is 11.9. The predicted octanol–water partition coefficient (Wildman–Crippen LogP) is 3.06. The highest BCUT2D eigenvalue weighted by atomic mass is 16.6. The highest BCUT2D eigenvalue weighted by Gasteiger charge is 2.21. The maximum absolute atomic E-state index is 12.1. The fourth-order valence-electron chi connectivity index (χ4n) is 1.65. The Morgan fingerprint density at radius 2 is 1.76 bits per heavy atom. The summed E-state index contributed by atoms with van der Waals surface area (Å²) in [4.78, 5) is 23.6. The van der Waals surface area contributed by atoms with Crippen molar-refractivity contribution in [1.82, 2.24) is 0 Å². The van der Waals surface area contributed by atoms with E-state index in [1.54, 1.807) is 26.8 Å². The number of methoxy groups -OCH3 is 1. The molecule has 0 saturated carbocycles. The van der Waals surface area contributed by atoms with E-state index in [1.807, 2.05) is 30.3 Å². The van der Waals surface area contributed by atoms with Crippen molar-refractivity contribution in [1.29, 1.82) is 0 Å². The molecule has 0 fully saturated rings. The molecule has 0 heterocycles. The highest BCUT2D eigenvalue weighted by molar-refractivity contribution is 5.94. The fourth-order valence-corrected chi connectivity index (χ4v) is 1.65. The average Bonchev–Trinajstić information content (AvgIpc) is 2.42. The fraction of sp³-hybridized carbons (Fsp3) is 0.412. The van der Waals surface area contributed by atoms with E-state index < -0.39 is 17.5 Å². The van der Waals surface area contributed by atoms with Gasteiger partial charge in [-0.25, -0.2) is 4.79 Å². The lowest BCUT2D eigenvalue weighted by atomic mass is 10.1. The number of rotatable bonds is 5. The molecule has 1 aromatic rings. The zero-order valence-corrected chi connectivity index (χ0v) is 13.0. The number of allylic oxidation sites excluding steroid dienone is 1. The quantitative estimate of drug-likeness (QED) is 0.618. The molecule has 0 aromatic heterocycles. The first-order valence-corrected chi connectivity index (χ1v) is 6.85. The van der Waals surface area contributed by atoms with Crippen LogP contribution in [0.1, 0.15) is 32.8 Å². The van der Waals surface area contributed by atoms with E-state index in [0.29, 0.717) is 12.0 Å². The summed E-state index contributed by atoms with van der Waals surface area (Å²) in [6.07, 6.45) is 2.20. The smallest absolute Gasteiger partial charge is 0.334 e. The summed E-state index contributed by atoms with van der Waals surface area (Å²) in [6, 6.07) is 9.70. The Hall–Kier alpha value is -2.10. The third kappa shape index (κ3) is 6.75. The Labute approximate surface area is 125 Å². The van der Waals surface area contributed by atoms with Crippen molar-refractivity contribution in [2.45, 2.75) is 39.2 Å². The summed E-state index contributed by atoms with van der Waals surface area (Å²) >= 11 is 0. The number of hydrogen-bond donors (Lipinski definition) is 0. The molecular formula is C17H22O4. The van der Waals surface area contributed by atoms with E-state index in [0.717, 1.165) is 5.56 Å². The van der Waals surface area contributed by atoms with Crippen LogP contribution in [0.5, 0.6) is 0 Å². The maximum atomic E-state index is 12.1. The van der Waals surface area contributed by atoms with E-state index in [9.17, 15) is 9.59 Å². The molecule has 0 aliphatic rings. The molecule has 0 radical (unpaired) electrons. The summed E-state index contributed by atoms with van der Waals surface area (Å²) in [5.41, 5.74) is 0.781. The van der Waals surface area contributed by atoms with Crippen LogP contribution in [0.4, 0.5) is 0 Å². The average molecular weight is 290 g/mol. The van der Waals surface area contributed by atoms with Crippen molar-refractivity contribution in [2.75, 3.05) is 7.11 Å². The van der Waals surface area contributed by atoms with Gasteiger partial charge < -0.3 is 9.47 Å². The number of benzene rings is 1. The molecule has 1 aromatic carbocycles. The number of ether oxygens (including phenoxy) is 2. The minimum absolute atomic E-state index is 0.0851. The lowest BCUT2D eigenvalue weighted by molar-refractivity contribution is -0.152. The van der Waals surface area contributed by atoms with Gasteiger partial charge in [0, 0.05) is 5.57 Å². The summed E-state index contributed by atoms with van der Waals surface area (Å²) in [5, 5.41) is 0. The topological polar surface area (TPSA) is 52.6 Å². The number of hydrogen-bond acceptors (Lipinski definition) is 4. The van der Waals surface area contributed by atoms with Crippen molar-refractivity contribution in [3.8, 4) is 0 Å².